The molecule has 1 aromatic carbocycles. The Morgan fingerprint density at radius 2 is 1.39 bits per heavy atom. The quantitative estimate of drug-likeness (QED) is 0.507. The van der Waals surface area contributed by atoms with E-state index in [1.165, 1.54) is 0 Å². The molecule has 136 valence electrons. The van der Waals surface area contributed by atoms with Crippen LogP contribution in [0.15, 0.2) is 18.2 Å². The van der Waals surface area contributed by atoms with Crippen LogP contribution in [0, 0.1) is 0 Å². The zero-order valence-corrected chi connectivity index (χ0v) is 16.1. The normalized spacial score (nSPS) is 10.5. The van der Waals surface area contributed by atoms with Crippen LogP contribution < -0.4 is 0 Å². The molecule has 0 aromatic heterocycles. The molecule has 1 N–H and O–H groups in total. The van der Waals surface area contributed by atoms with Gasteiger partial charge in [0.05, 0.1) is 26.7 Å². The molecular weight excluding hydrogens is 339 g/mol. The van der Waals surface area contributed by atoms with E-state index in [0.717, 1.165) is 17.5 Å². The third kappa shape index (κ3) is 10.8. The summed E-state index contributed by atoms with van der Waals surface area (Å²) in [5, 5.41) is 10.0. The summed E-state index contributed by atoms with van der Waals surface area (Å²) in [4.78, 5) is 3.96. The van der Waals surface area contributed by atoms with Crippen molar-refractivity contribution in [3.63, 3.8) is 0 Å². The molecule has 1 rings (SSSR count). The molecule has 23 heavy (non-hydrogen) atoms. The zero-order chi connectivity index (χ0) is 15.7. The number of benzene rings is 1. The van der Waals surface area contributed by atoms with Gasteiger partial charge in [0.1, 0.15) is 5.75 Å². The fraction of sp³-hybridized carbons (Fsp3) is 0.625. The van der Waals surface area contributed by atoms with Gasteiger partial charge in [0.2, 0.25) is 0 Å². The molecule has 0 saturated heterocycles. The van der Waals surface area contributed by atoms with Crippen LogP contribution in [0.4, 0.5) is 0 Å². The van der Waals surface area contributed by atoms with Gasteiger partial charge >= 0.3 is 0 Å². The van der Waals surface area contributed by atoms with Crippen molar-refractivity contribution < 1.29 is 14.6 Å². The van der Waals surface area contributed by atoms with Gasteiger partial charge in [0.15, 0.2) is 0 Å². The first kappa shape index (κ1) is 24.7. The predicted octanol–water partition coefficient (Wildman–Crippen LogP) is 2.39. The lowest BCUT2D eigenvalue weighted by molar-refractivity contribution is 0.0560. The molecule has 0 aliphatic rings. The summed E-state index contributed by atoms with van der Waals surface area (Å²) in [6.45, 7) is 2.45. The Bertz CT molecular complexity index is 418. The van der Waals surface area contributed by atoms with E-state index >= 15 is 0 Å². The average molecular weight is 369 g/mol. The topological polar surface area (TPSA) is 45.2 Å². The number of hydrogen-bond donors (Lipinski definition) is 1. The Kier molecular flexibility index (Phi) is 14.9. The first-order valence-electron chi connectivity index (χ1n) is 7.25. The molecule has 0 saturated carbocycles. The largest absolute Gasteiger partial charge is 0.508 e. The Labute approximate surface area is 152 Å². The molecule has 0 aliphatic heterocycles. The van der Waals surface area contributed by atoms with Crippen LogP contribution in [-0.4, -0.2) is 69.8 Å². The van der Waals surface area contributed by atoms with E-state index in [2.05, 4.69) is 0 Å². The average Bonchev–Trinajstić information content (AvgIpc) is 2.41. The highest BCUT2D eigenvalue weighted by Crippen LogP contribution is 2.22. The Balaban J connectivity index is 0. The number of phenols is 1. The highest BCUT2D eigenvalue weighted by atomic mass is 35.5. The van der Waals surface area contributed by atoms with Crippen molar-refractivity contribution in [3.05, 3.63) is 29.3 Å². The Hall–Kier alpha value is -0.560. The number of ether oxygens (including phenoxy) is 2. The first-order chi connectivity index (χ1) is 10.0. The van der Waals surface area contributed by atoms with E-state index in [4.69, 9.17) is 9.47 Å². The molecule has 0 heterocycles. The molecule has 0 fully saturated rings. The second kappa shape index (κ2) is 13.8. The number of phenolic OH excluding ortho intramolecular Hbond substituents is 1. The zero-order valence-electron chi connectivity index (χ0n) is 14.4. The first-order valence-corrected chi connectivity index (χ1v) is 7.25. The predicted molar refractivity (Wildman–Crippen MR) is 99.0 cm³/mol. The van der Waals surface area contributed by atoms with Crippen molar-refractivity contribution in [1.29, 1.82) is 0 Å². The minimum absolute atomic E-state index is 0. The van der Waals surface area contributed by atoms with Crippen molar-refractivity contribution in [2.24, 2.45) is 0 Å². The molecule has 0 spiro atoms. The van der Waals surface area contributed by atoms with Gasteiger partial charge in [-0.15, -0.1) is 24.8 Å². The molecule has 0 bridgehead atoms. The van der Waals surface area contributed by atoms with Crippen LogP contribution in [0.1, 0.15) is 11.1 Å². The minimum atomic E-state index is 0. The van der Waals surface area contributed by atoms with Crippen LogP contribution in [0.2, 0.25) is 0 Å². The summed E-state index contributed by atoms with van der Waals surface area (Å²) in [5.74, 6) is 0.341. The van der Waals surface area contributed by atoms with Crippen molar-refractivity contribution >= 4 is 24.8 Å². The fourth-order valence-electron chi connectivity index (χ4n) is 1.99. The van der Waals surface area contributed by atoms with E-state index in [0.29, 0.717) is 38.8 Å². The highest BCUT2D eigenvalue weighted by Gasteiger charge is 2.08. The van der Waals surface area contributed by atoms with Gasteiger partial charge in [0, 0.05) is 0 Å². The fourth-order valence-corrected chi connectivity index (χ4v) is 1.99. The van der Waals surface area contributed by atoms with Crippen molar-refractivity contribution in [3.8, 4) is 5.75 Å². The SMILES string of the molecule is CN(C)COCCc1cccc(O)c1CCOCN(C)C.Cl.Cl. The van der Waals surface area contributed by atoms with Gasteiger partial charge in [-0.1, -0.05) is 12.1 Å². The number of nitrogens with zero attached hydrogens (tertiary/aromatic N) is 2. The van der Waals surface area contributed by atoms with E-state index in [9.17, 15) is 5.11 Å². The molecule has 7 heteroatoms. The molecule has 0 unspecified atom stereocenters. The van der Waals surface area contributed by atoms with Crippen molar-refractivity contribution in [2.75, 3.05) is 54.9 Å². The summed E-state index contributed by atoms with van der Waals surface area (Å²) in [6, 6.07) is 5.65. The lowest BCUT2D eigenvalue weighted by Gasteiger charge is -2.14. The van der Waals surface area contributed by atoms with Crippen LogP contribution in [0.3, 0.4) is 0 Å². The summed E-state index contributed by atoms with van der Waals surface area (Å²) in [7, 11) is 7.88. The summed E-state index contributed by atoms with van der Waals surface area (Å²) < 4.78 is 11.1. The third-order valence-corrected chi connectivity index (χ3v) is 2.96. The van der Waals surface area contributed by atoms with Crippen LogP contribution in [0.5, 0.6) is 5.75 Å². The second-order valence-electron chi connectivity index (χ2n) is 5.65. The smallest absolute Gasteiger partial charge is 0.119 e. The second-order valence-corrected chi connectivity index (χ2v) is 5.65. The molecule has 0 aliphatic carbocycles. The van der Waals surface area contributed by atoms with Crippen LogP contribution in [0.25, 0.3) is 0 Å². The lowest BCUT2D eigenvalue weighted by atomic mass is 10.0. The maximum absolute atomic E-state index is 10.0. The Morgan fingerprint density at radius 1 is 0.870 bits per heavy atom. The number of hydrogen-bond acceptors (Lipinski definition) is 5. The maximum Gasteiger partial charge on any atom is 0.119 e. The summed E-state index contributed by atoms with van der Waals surface area (Å²) in [5.41, 5.74) is 2.09. The van der Waals surface area contributed by atoms with Gasteiger partial charge in [-0.2, -0.15) is 0 Å². The van der Waals surface area contributed by atoms with Gasteiger partial charge in [-0.3, -0.25) is 9.80 Å². The molecule has 0 atom stereocenters. The van der Waals surface area contributed by atoms with Crippen LogP contribution >= 0.6 is 24.8 Å². The number of rotatable bonds is 10. The third-order valence-electron chi connectivity index (χ3n) is 2.96. The molecule has 5 nitrogen and oxygen atoms in total. The standard InChI is InChI=1S/C16H28N2O3.2ClH/c1-17(2)12-20-10-8-14-6-5-7-16(19)15(14)9-11-21-13-18(3)4;;/h5-7,19H,8-13H2,1-4H3;2*1H. The highest BCUT2D eigenvalue weighted by molar-refractivity contribution is 5.85. The van der Waals surface area contributed by atoms with E-state index in [1.807, 2.05) is 50.1 Å². The summed E-state index contributed by atoms with van der Waals surface area (Å²) in [6.07, 6.45) is 1.51. The van der Waals surface area contributed by atoms with Crippen LogP contribution in [-0.2, 0) is 22.3 Å². The monoisotopic (exact) mass is 368 g/mol. The summed E-state index contributed by atoms with van der Waals surface area (Å²) >= 11 is 0. The van der Waals surface area contributed by atoms with Gasteiger partial charge < -0.3 is 14.6 Å². The van der Waals surface area contributed by atoms with Gasteiger partial charge in [-0.25, -0.2) is 0 Å². The molecular formula is C16H30Cl2N2O3. The Morgan fingerprint density at radius 3 is 1.91 bits per heavy atom. The molecule has 0 amide bonds. The van der Waals surface area contributed by atoms with Crippen molar-refractivity contribution in [1.82, 2.24) is 9.80 Å². The minimum Gasteiger partial charge on any atom is -0.508 e. The van der Waals surface area contributed by atoms with E-state index < -0.39 is 0 Å². The van der Waals surface area contributed by atoms with E-state index in [1.54, 1.807) is 6.07 Å². The van der Waals surface area contributed by atoms with E-state index in [-0.39, 0.29) is 24.8 Å². The molecule has 0 radical (unpaired) electrons. The van der Waals surface area contributed by atoms with Gasteiger partial charge in [-0.05, 0) is 58.2 Å². The maximum atomic E-state index is 10.0. The number of halogens is 2. The van der Waals surface area contributed by atoms with Gasteiger partial charge in [0.25, 0.3) is 0 Å². The van der Waals surface area contributed by atoms with Crippen molar-refractivity contribution in [2.45, 2.75) is 12.8 Å². The molecule has 1 aromatic rings. The lowest BCUT2D eigenvalue weighted by Crippen LogP contribution is -2.18. The number of aromatic hydroxyl groups is 1.